The van der Waals surface area contributed by atoms with E-state index in [1.54, 1.807) is 0 Å². The Bertz CT molecular complexity index is 606. The smallest absolute Gasteiger partial charge is 0.123 e. The Morgan fingerprint density at radius 2 is 2.26 bits per heavy atom. The molecule has 100 valence electrons. The van der Waals surface area contributed by atoms with Crippen molar-refractivity contribution < 1.29 is 0 Å². The van der Waals surface area contributed by atoms with Crippen LogP contribution in [-0.4, -0.2) is 12.0 Å². The van der Waals surface area contributed by atoms with Gasteiger partial charge < -0.3 is 5.32 Å². The van der Waals surface area contributed by atoms with Crippen molar-refractivity contribution in [1.29, 1.82) is 0 Å². The molecule has 2 aromatic rings. The van der Waals surface area contributed by atoms with Crippen LogP contribution in [0, 0.1) is 6.92 Å². The van der Waals surface area contributed by atoms with Gasteiger partial charge in [-0.25, -0.2) is 4.98 Å². The highest BCUT2D eigenvalue weighted by Gasteiger charge is 2.23. The van der Waals surface area contributed by atoms with Crippen molar-refractivity contribution in [2.45, 2.75) is 32.2 Å². The molecule has 0 saturated heterocycles. The highest BCUT2D eigenvalue weighted by atomic mass is 79.9. The number of hydrogen-bond donors (Lipinski definition) is 1. The summed E-state index contributed by atoms with van der Waals surface area (Å²) in [6, 6.07) is 6.92. The molecular weight excluding hydrogens is 320 g/mol. The molecule has 1 atom stereocenters. The lowest BCUT2D eigenvalue weighted by Gasteiger charge is -2.19. The zero-order valence-corrected chi connectivity index (χ0v) is 13.6. The lowest BCUT2D eigenvalue weighted by molar-refractivity contribution is 0.490. The molecule has 1 heterocycles. The molecule has 0 saturated carbocycles. The van der Waals surface area contributed by atoms with Crippen LogP contribution >= 0.6 is 27.3 Å². The molecule has 3 rings (SSSR count). The quantitative estimate of drug-likeness (QED) is 0.874. The zero-order chi connectivity index (χ0) is 13.4. The minimum Gasteiger partial charge on any atom is -0.312 e. The van der Waals surface area contributed by atoms with E-state index in [4.69, 9.17) is 4.98 Å². The molecule has 0 spiro atoms. The van der Waals surface area contributed by atoms with Gasteiger partial charge in [-0.05, 0) is 44.9 Å². The first-order valence-electron chi connectivity index (χ1n) is 6.62. The van der Waals surface area contributed by atoms with Crippen LogP contribution in [0.4, 0.5) is 0 Å². The highest BCUT2D eigenvalue weighted by molar-refractivity contribution is 9.10. The van der Waals surface area contributed by atoms with Gasteiger partial charge in [0.05, 0.1) is 11.7 Å². The Labute approximate surface area is 126 Å². The first kappa shape index (κ1) is 13.3. The fraction of sp³-hybridized carbons (Fsp3) is 0.400. The fourth-order valence-corrected chi connectivity index (χ4v) is 4.09. The van der Waals surface area contributed by atoms with Gasteiger partial charge >= 0.3 is 0 Å². The Hall–Kier alpha value is -0.710. The van der Waals surface area contributed by atoms with E-state index in [1.165, 1.54) is 41.0 Å². The van der Waals surface area contributed by atoms with E-state index in [1.807, 2.05) is 18.4 Å². The van der Waals surface area contributed by atoms with Crippen molar-refractivity contribution in [2.24, 2.45) is 0 Å². The van der Waals surface area contributed by atoms with Crippen LogP contribution < -0.4 is 5.32 Å². The molecule has 4 heteroatoms. The second kappa shape index (κ2) is 5.35. The van der Waals surface area contributed by atoms with E-state index >= 15 is 0 Å². The summed E-state index contributed by atoms with van der Waals surface area (Å²) in [5, 5.41) is 4.53. The molecule has 0 fully saturated rings. The van der Waals surface area contributed by atoms with Crippen LogP contribution in [-0.2, 0) is 6.42 Å². The van der Waals surface area contributed by atoms with Crippen molar-refractivity contribution in [3.63, 3.8) is 0 Å². The second-order valence-corrected chi connectivity index (χ2v) is 6.96. The van der Waals surface area contributed by atoms with Gasteiger partial charge in [-0.15, -0.1) is 11.3 Å². The van der Waals surface area contributed by atoms with Crippen LogP contribution in [0.15, 0.2) is 22.7 Å². The van der Waals surface area contributed by atoms with E-state index in [0.29, 0.717) is 6.04 Å². The minimum absolute atomic E-state index is 0.433. The van der Waals surface area contributed by atoms with Crippen LogP contribution in [0.5, 0.6) is 0 Å². The molecule has 0 bridgehead atoms. The summed E-state index contributed by atoms with van der Waals surface area (Å²) >= 11 is 5.46. The Morgan fingerprint density at radius 3 is 3.00 bits per heavy atom. The maximum absolute atomic E-state index is 4.88. The number of nitrogens with zero attached hydrogens (tertiary/aromatic N) is 1. The predicted octanol–water partition coefficient (Wildman–Crippen LogP) is 4.48. The third-order valence-electron chi connectivity index (χ3n) is 3.72. The van der Waals surface area contributed by atoms with E-state index in [9.17, 15) is 0 Å². The lowest BCUT2D eigenvalue weighted by atomic mass is 9.98. The Morgan fingerprint density at radius 1 is 1.42 bits per heavy atom. The minimum atomic E-state index is 0.433. The summed E-state index contributed by atoms with van der Waals surface area (Å²) in [4.78, 5) is 6.34. The van der Waals surface area contributed by atoms with Crippen molar-refractivity contribution in [2.75, 3.05) is 7.05 Å². The van der Waals surface area contributed by atoms with E-state index in [-0.39, 0.29) is 0 Å². The Balaban J connectivity index is 2.02. The van der Waals surface area contributed by atoms with Crippen LogP contribution in [0.2, 0.25) is 0 Å². The van der Waals surface area contributed by atoms with Crippen LogP contribution in [0.1, 0.15) is 35.0 Å². The summed E-state index contributed by atoms with van der Waals surface area (Å²) < 4.78 is 1.16. The number of hydrogen-bond acceptors (Lipinski definition) is 3. The number of aromatic nitrogens is 1. The van der Waals surface area contributed by atoms with E-state index in [0.717, 1.165) is 9.48 Å². The fourth-order valence-electron chi connectivity index (χ4n) is 2.55. The number of fused-ring (bicyclic) bond motifs is 1. The van der Waals surface area contributed by atoms with Gasteiger partial charge in [0.2, 0.25) is 0 Å². The van der Waals surface area contributed by atoms with Crippen molar-refractivity contribution >= 4 is 27.3 Å². The second-order valence-electron chi connectivity index (χ2n) is 5.02. The molecule has 0 aliphatic heterocycles. The van der Waals surface area contributed by atoms with Gasteiger partial charge in [0.15, 0.2) is 0 Å². The summed E-state index contributed by atoms with van der Waals surface area (Å²) in [6.45, 7) is 2.11. The van der Waals surface area contributed by atoms with Crippen molar-refractivity contribution in [3.8, 4) is 10.6 Å². The van der Waals surface area contributed by atoms with Gasteiger partial charge in [-0.3, -0.25) is 0 Å². The molecule has 2 nitrogen and oxygen atoms in total. The standard InChI is InChI=1S/C15H17BrN2S/c1-9-6-7-10(8-11(9)16)15-18-14-12(17-2)4-3-5-13(14)19-15/h6-8,12,17H,3-5H2,1-2H3. The molecule has 1 aliphatic rings. The maximum Gasteiger partial charge on any atom is 0.123 e. The molecule has 0 amide bonds. The normalized spacial score (nSPS) is 18.4. The van der Waals surface area contributed by atoms with Crippen molar-refractivity contribution in [3.05, 3.63) is 38.8 Å². The molecule has 1 aromatic heterocycles. The number of thiazole rings is 1. The first-order valence-corrected chi connectivity index (χ1v) is 8.23. The SMILES string of the molecule is CNC1CCCc2sc(-c3ccc(C)c(Br)c3)nc21. The molecule has 1 N–H and O–H groups in total. The highest BCUT2D eigenvalue weighted by Crippen LogP contribution is 2.37. The van der Waals surface area contributed by atoms with Gasteiger partial charge in [-0.2, -0.15) is 0 Å². The summed E-state index contributed by atoms with van der Waals surface area (Å²) in [7, 11) is 2.03. The average Bonchev–Trinajstić information content (AvgIpc) is 2.85. The lowest BCUT2D eigenvalue weighted by Crippen LogP contribution is -2.21. The third kappa shape index (κ3) is 2.49. The third-order valence-corrected chi connectivity index (χ3v) is 5.76. The zero-order valence-electron chi connectivity index (χ0n) is 11.2. The summed E-state index contributed by atoms with van der Waals surface area (Å²) in [5.41, 5.74) is 3.75. The topological polar surface area (TPSA) is 24.9 Å². The largest absolute Gasteiger partial charge is 0.312 e. The predicted molar refractivity (Wildman–Crippen MR) is 84.7 cm³/mol. The van der Waals surface area contributed by atoms with Gasteiger partial charge in [0.1, 0.15) is 5.01 Å². The molecule has 1 unspecified atom stereocenters. The summed E-state index contributed by atoms with van der Waals surface area (Å²) in [5.74, 6) is 0. The number of benzene rings is 1. The van der Waals surface area contributed by atoms with E-state index in [2.05, 4.69) is 46.4 Å². The molecular formula is C15H17BrN2S. The first-order chi connectivity index (χ1) is 9.19. The van der Waals surface area contributed by atoms with Gasteiger partial charge in [-0.1, -0.05) is 28.1 Å². The van der Waals surface area contributed by atoms with Gasteiger partial charge in [0.25, 0.3) is 0 Å². The summed E-state index contributed by atoms with van der Waals surface area (Å²) in [6.07, 6.45) is 3.64. The molecule has 1 aromatic carbocycles. The number of aryl methyl sites for hydroxylation is 2. The average molecular weight is 337 g/mol. The maximum atomic E-state index is 4.88. The Kier molecular flexibility index (Phi) is 3.74. The number of nitrogens with one attached hydrogen (secondary N) is 1. The van der Waals surface area contributed by atoms with Crippen LogP contribution in [0.3, 0.4) is 0 Å². The molecule has 1 aliphatic carbocycles. The molecule has 0 radical (unpaired) electrons. The van der Waals surface area contributed by atoms with Crippen molar-refractivity contribution in [1.82, 2.24) is 10.3 Å². The number of halogens is 1. The van der Waals surface area contributed by atoms with Crippen LogP contribution in [0.25, 0.3) is 10.6 Å². The molecule has 19 heavy (non-hydrogen) atoms. The van der Waals surface area contributed by atoms with E-state index < -0.39 is 0 Å². The number of rotatable bonds is 2. The van der Waals surface area contributed by atoms with Gasteiger partial charge in [0, 0.05) is 14.9 Å². The monoisotopic (exact) mass is 336 g/mol.